The van der Waals surface area contributed by atoms with Crippen LogP contribution in [0.1, 0.15) is 29.0 Å². The fraction of sp³-hybridized carbons (Fsp3) is 0.385. The van der Waals surface area contributed by atoms with Crippen molar-refractivity contribution in [3.05, 3.63) is 29.0 Å². The molecular weight excluding hydrogens is 324 g/mol. The molecule has 1 amide bonds. The predicted molar refractivity (Wildman–Crippen MR) is 83.6 cm³/mol. The molecule has 2 aromatic rings. The standard InChI is InChI=1S/C13H16N4O3S2/c1-9-12(8-21-15-9)16-22(19,20)10-6-11(14-7-10)13(18)17-4-2-3-5-17/h6-8,14,16H,2-5H2,1H3. The maximum Gasteiger partial charge on any atom is 0.270 e. The van der Waals surface area contributed by atoms with Crippen molar-refractivity contribution in [3.8, 4) is 0 Å². The van der Waals surface area contributed by atoms with Crippen LogP contribution in [0.5, 0.6) is 0 Å². The van der Waals surface area contributed by atoms with Gasteiger partial charge in [-0.1, -0.05) is 0 Å². The number of likely N-dealkylation sites (tertiary alicyclic amines) is 1. The summed E-state index contributed by atoms with van der Waals surface area (Å²) in [5, 5.41) is 1.63. The molecule has 0 atom stereocenters. The van der Waals surface area contributed by atoms with E-state index in [4.69, 9.17) is 0 Å². The second kappa shape index (κ2) is 5.73. The summed E-state index contributed by atoms with van der Waals surface area (Å²) >= 11 is 1.18. The molecule has 1 aliphatic heterocycles. The minimum absolute atomic E-state index is 0.0423. The molecule has 118 valence electrons. The molecule has 22 heavy (non-hydrogen) atoms. The predicted octanol–water partition coefficient (Wildman–Crippen LogP) is 1.82. The van der Waals surface area contributed by atoms with Crippen LogP contribution in [-0.4, -0.2) is 41.7 Å². The Morgan fingerprint density at radius 1 is 1.41 bits per heavy atom. The van der Waals surface area contributed by atoms with E-state index in [1.807, 2.05) is 0 Å². The minimum atomic E-state index is -3.73. The number of aromatic nitrogens is 2. The highest BCUT2D eigenvalue weighted by Crippen LogP contribution is 2.22. The number of nitrogens with zero attached hydrogens (tertiary/aromatic N) is 2. The van der Waals surface area contributed by atoms with Gasteiger partial charge in [-0.15, -0.1) is 0 Å². The zero-order valence-corrected chi connectivity index (χ0v) is 13.6. The monoisotopic (exact) mass is 340 g/mol. The average Bonchev–Trinajstić information content (AvgIpc) is 3.19. The number of sulfonamides is 1. The summed E-state index contributed by atoms with van der Waals surface area (Å²) in [5.41, 5.74) is 1.37. The van der Waals surface area contributed by atoms with Gasteiger partial charge in [0.05, 0.1) is 11.4 Å². The largest absolute Gasteiger partial charge is 0.356 e. The lowest BCUT2D eigenvalue weighted by Gasteiger charge is -2.13. The molecular formula is C13H16N4O3S2. The number of aryl methyl sites for hydroxylation is 1. The zero-order valence-electron chi connectivity index (χ0n) is 12.0. The third-order valence-electron chi connectivity index (χ3n) is 3.58. The van der Waals surface area contributed by atoms with Crippen molar-refractivity contribution >= 4 is 33.2 Å². The van der Waals surface area contributed by atoms with Gasteiger partial charge in [-0.2, -0.15) is 4.37 Å². The van der Waals surface area contributed by atoms with Crippen LogP contribution in [0.25, 0.3) is 0 Å². The Hall–Kier alpha value is -1.87. The second-order valence-corrected chi connectivity index (χ2v) is 7.48. The molecule has 7 nitrogen and oxygen atoms in total. The molecule has 9 heteroatoms. The fourth-order valence-electron chi connectivity index (χ4n) is 2.34. The van der Waals surface area contributed by atoms with Gasteiger partial charge in [-0.3, -0.25) is 9.52 Å². The van der Waals surface area contributed by atoms with Gasteiger partial charge in [0.1, 0.15) is 10.6 Å². The van der Waals surface area contributed by atoms with Crippen LogP contribution >= 0.6 is 11.5 Å². The number of aromatic amines is 1. The molecule has 0 aliphatic carbocycles. The van der Waals surface area contributed by atoms with Gasteiger partial charge in [-0.05, 0) is 37.4 Å². The molecule has 0 aromatic carbocycles. The van der Waals surface area contributed by atoms with Crippen LogP contribution in [-0.2, 0) is 10.0 Å². The topological polar surface area (TPSA) is 95.2 Å². The van der Waals surface area contributed by atoms with Gasteiger partial charge in [0.2, 0.25) is 0 Å². The Kier molecular flexibility index (Phi) is 3.92. The van der Waals surface area contributed by atoms with Crippen LogP contribution in [0.4, 0.5) is 5.69 Å². The van der Waals surface area contributed by atoms with Crippen LogP contribution in [0.15, 0.2) is 22.5 Å². The Balaban J connectivity index is 1.80. The highest BCUT2D eigenvalue weighted by Gasteiger charge is 2.24. The van der Waals surface area contributed by atoms with E-state index in [2.05, 4.69) is 14.1 Å². The molecule has 0 radical (unpaired) electrons. The molecule has 0 spiro atoms. The van der Waals surface area contributed by atoms with Crippen molar-refractivity contribution < 1.29 is 13.2 Å². The minimum Gasteiger partial charge on any atom is -0.356 e. The van der Waals surface area contributed by atoms with E-state index in [0.29, 0.717) is 17.1 Å². The van der Waals surface area contributed by atoms with E-state index in [1.54, 1.807) is 17.2 Å². The molecule has 2 N–H and O–H groups in total. The number of H-pyrrole nitrogens is 1. The van der Waals surface area contributed by atoms with Crippen LogP contribution in [0.3, 0.4) is 0 Å². The van der Waals surface area contributed by atoms with Crippen molar-refractivity contribution in [3.63, 3.8) is 0 Å². The number of amides is 1. The Bertz CT molecular complexity index is 788. The Labute approximate surface area is 132 Å². The van der Waals surface area contributed by atoms with Crippen molar-refractivity contribution in [1.29, 1.82) is 0 Å². The summed E-state index contributed by atoms with van der Waals surface area (Å²) < 4.78 is 31.2. The summed E-state index contributed by atoms with van der Waals surface area (Å²) in [6.07, 6.45) is 3.31. The van der Waals surface area contributed by atoms with Gasteiger partial charge in [-0.25, -0.2) is 8.42 Å². The van der Waals surface area contributed by atoms with Gasteiger partial charge in [0.25, 0.3) is 15.9 Å². The smallest absolute Gasteiger partial charge is 0.270 e. The fourth-order valence-corrected chi connectivity index (χ4v) is 4.16. The molecule has 0 unspecified atom stereocenters. The molecule has 3 rings (SSSR count). The first kappa shape index (κ1) is 15.0. The van der Waals surface area contributed by atoms with Crippen molar-refractivity contribution in [2.75, 3.05) is 17.8 Å². The number of hydrogen-bond donors (Lipinski definition) is 2. The second-order valence-electron chi connectivity index (χ2n) is 5.17. The van der Waals surface area contributed by atoms with E-state index in [0.717, 1.165) is 25.9 Å². The zero-order chi connectivity index (χ0) is 15.7. The highest BCUT2D eigenvalue weighted by atomic mass is 32.2. The molecule has 0 saturated carbocycles. The summed E-state index contributed by atoms with van der Waals surface area (Å²) in [7, 11) is -3.73. The molecule has 1 fully saturated rings. The van der Waals surface area contributed by atoms with Crippen LogP contribution in [0, 0.1) is 6.92 Å². The summed E-state index contributed by atoms with van der Waals surface area (Å²) in [6, 6.07) is 1.37. The first-order chi connectivity index (χ1) is 10.5. The van der Waals surface area contributed by atoms with Gasteiger partial charge in [0, 0.05) is 24.7 Å². The van der Waals surface area contributed by atoms with Gasteiger partial charge < -0.3 is 9.88 Å². The molecule has 3 heterocycles. The third kappa shape index (κ3) is 2.86. The summed E-state index contributed by atoms with van der Waals surface area (Å²) in [6.45, 7) is 3.17. The lowest BCUT2D eigenvalue weighted by Crippen LogP contribution is -2.27. The number of carbonyl (C=O) groups excluding carboxylic acids is 1. The van der Waals surface area contributed by atoms with E-state index in [-0.39, 0.29) is 10.8 Å². The normalized spacial score (nSPS) is 15.2. The van der Waals surface area contributed by atoms with E-state index < -0.39 is 10.0 Å². The number of carbonyl (C=O) groups is 1. The summed E-state index contributed by atoms with van der Waals surface area (Å²) in [4.78, 5) is 16.8. The van der Waals surface area contributed by atoms with E-state index in [9.17, 15) is 13.2 Å². The lowest BCUT2D eigenvalue weighted by atomic mass is 10.4. The van der Waals surface area contributed by atoms with Crippen molar-refractivity contribution in [2.45, 2.75) is 24.7 Å². The number of anilines is 1. The number of rotatable bonds is 4. The number of nitrogens with one attached hydrogen (secondary N) is 2. The maximum absolute atomic E-state index is 12.3. The number of hydrogen-bond acceptors (Lipinski definition) is 5. The van der Waals surface area contributed by atoms with Crippen molar-refractivity contribution in [2.24, 2.45) is 0 Å². The first-order valence-electron chi connectivity index (χ1n) is 6.89. The molecule has 1 aliphatic rings. The third-order valence-corrected chi connectivity index (χ3v) is 5.65. The van der Waals surface area contributed by atoms with Gasteiger partial charge in [0.15, 0.2) is 0 Å². The first-order valence-corrected chi connectivity index (χ1v) is 9.21. The highest BCUT2D eigenvalue weighted by molar-refractivity contribution is 7.92. The molecule has 1 saturated heterocycles. The SMILES string of the molecule is Cc1nscc1NS(=O)(=O)c1c[nH]c(C(=O)N2CCCC2)c1. The van der Waals surface area contributed by atoms with E-state index >= 15 is 0 Å². The average molecular weight is 340 g/mol. The van der Waals surface area contributed by atoms with Crippen LogP contribution < -0.4 is 4.72 Å². The summed E-state index contributed by atoms with van der Waals surface area (Å²) in [5.74, 6) is -0.160. The lowest BCUT2D eigenvalue weighted by molar-refractivity contribution is 0.0787. The Morgan fingerprint density at radius 3 is 2.77 bits per heavy atom. The quantitative estimate of drug-likeness (QED) is 0.887. The Morgan fingerprint density at radius 2 is 2.14 bits per heavy atom. The van der Waals surface area contributed by atoms with Crippen molar-refractivity contribution in [1.82, 2.24) is 14.3 Å². The van der Waals surface area contributed by atoms with E-state index in [1.165, 1.54) is 23.8 Å². The van der Waals surface area contributed by atoms with Gasteiger partial charge >= 0.3 is 0 Å². The molecule has 0 bridgehead atoms. The molecule has 2 aromatic heterocycles. The maximum atomic E-state index is 12.3. The van der Waals surface area contributed by atoms with Crippen LogP contribution in [0.2, 0.25) is 0 Å².